The first kappa shape index (κ1) is 18.4. The molecule has 6 atom stereocenters. The fraction of sp³-hybridized carbons (Fsp3) is 0.640. The maximum atomic E-state index is 14.0. The van der Waals surface area contributed by atoms with Crippen molar-refractivity contribution in [3.63, 3.8) is 0 Å². The molecular weight excluding hydrogens is 346 g/mol. The molecule has 1 aromatic rings. The maximum absolute atomic E-state index is 14.0. The van der Waals surface area contributed by atoms with E-state index in [0.717, 1.165) is 32.1 Å². The molecule has 0 spiro atoms. The first-order chi connectivity index (χ1) is 13.4. The van der Waals surface area contributed by atoms with Crippen LogP contribution in [0.1, 0.15) is 64.4 Å². The Balaban J connectivity index is 1.57. The number of rotatable bonds is 2. The first-order valence-corrected chi connectivity index (χ1v) is 11.2. The van der Waals surface area contributed by atoms with Crippen LogP contribution in [0.5, 0.6) is 0 Å². The van der Waals surface area contributed by atoms with E-state index in [9.17, 15) is 9.90 Å². The van der Waals surface area contributed by atoms with Crippen molar-refractivity contribution in [3.05, 3.63) is 47.7 Å². The van der Waals surface area contributed by atoms with Crippen molar-refractivity contribution >= 4 is 5.91 Å². The maximum Gasteiger partial charge on any atom is 0.230 e. The lowest BCUT2D eigenvalue weighted by molar-refractivity contribution is -0.160. The highest BCUT2D eigenvalue weighted by Gasteiger charge is 2.62. The Bertz CT molecular complexity index is 802. The van der Waals surface area contributed by atoms with Gasteiger partial charge in [0.2, 0.25) is 5.91 Å². The normalized spacial score (nSPS) is 42.5. The minimum absolute atomic E-state index is 0.0693. The van der Waals surface area contributed by atoms with Crippen molar-refractivity contribution in [1.82, 2.24) is 4.90 Å². The molecule has 0 radical (unpaired) electrons. The zero-order valence-corrected chi connectivity index (χ0v) is 17.2. The molecule has 0 unspecified atom stereocenters. The lowest BCUT2D eigenvalue weighted by Crippen LogP contribution is -2.60. The predicted molar refractivity (Wildman–Crippen MR) is 110 cm³/mol. The van der Waals surface area contributed by atoms with E-state index >= 15 is 0 Å². The van der Waals surface area contributed by atoms with E-state index in [1.54, 1.807) is 0 Å². The van der Waals surface area contributed by atoms with Gasteiger partial charge in [0.25, 0.3) is 0 Å². The van der Waals surface area contributed by atoms with E-state index in [4.69, 9.17) is 0 Å². The summed E-state index contributed by atoms with van der Waals surface area (Å²) in [7, 11) is 0. The van der Waals surface area contributed by atoms with E-state index in [1.165, 1.54) is 24.1 Å². The van der Waals surface area contributed by atoms with Gasteiger partial charge in [-0.05, 0) is 67.8 Å². The van der Waals surface area contributed by atoms with Crippen LogP contribution in [0.2, 0.25) is 0 Å². The van der Waals surface area contributed by atoms with E-state index < -0.39 is 0 Å². The summed E-state index contributed by atoms with van der Waals surface area (Å²) in [6, 6.07) is 10.4. The van der Waals surface area contributed by atoms with Crippen LogP contribution in [0.3, 0.4) is 0 Å². The SMILES string of the molecule is C[C@]12CC[C@H]3[C@@H](C(=O)N(Cc4ccccc4)C4=CCCC[C@@]43C)[C@@H]1CC[C@@H]2O. The number of fused-ring (bicyclic) bond motifs is 5. The van der Waals surface area contributed by atoms with Crippen LogP contribution in [0.4, 0.5) is 0 Å². The third kappa shape index (κ3) is 2.48. The van der Waals surface area contributed by atoms with Gasteiger partial charge < -0.3 is 10.0 Å². The van der Waals surface area contributed by atoms with Crippen molar-refractivity contribution in [1.29, 1.82) is 0 Å². The minimum Gasteiger partial charge on any atom is -0.393 e. The number of allylic oxidation sites excluding steroid dienone is 2. The number of likely N-dealkylation sites (tertiary alicyclic amines) is 1. The fourth-order valence-corrected chi connectivity index (χ4v) is 7.26. The van der Waals surface area contributed by atoms with Gasteiger partial charge in [-0.25, -0.2) is 0 Å². The molecule has 0 bridgehead atoms. The average molecular weight is 380 g/mol. The number of piperidine rings is 1. The van der Waals surface area contributed by atoms with Gasteiger partial charge >= 0.3 is 0 Å². The molecule has 3 aliphatic carbocycles. The predicted octanol–water partition coefficient (Wildman–Crippen LogP) is 4.91. The molecule has 1 heterocycles. The summed E-state index contributed by atoms with van der Waals surface area (Å²) in [5, 5.41) is 10.7. The van der Waals surface area contributed by atoms with Crippen LogP contribution in [0.25, 0.3) is 0 Å². The molecule has 2 saturated carbocycles. The molecule has 3 fully saturated rings. The van der Waals surface area contributed by atoms with Gasteiger partial charge in [-0.2, -0.15) is 0 Å². The number of aliphatic hydroxyl groups excluding tert-OH is 1. The first-order valence-electron chi connectivity index (χ1n) is 11.2. The molecule has 4 aliphatic rings. The average Bonchev–Trinajstić information content (AvgIpc) is 3.00. The Morgan fingerprint density at radius 3 is 2.64 bits per heavy atom. The minimum atomic E-state index is -0.245. The summed E-state index contributed by atoms with van der Waals surface area (Å²) in [6.07, 6.45) is 9.60. The lowest BCUT2D eigenvalue weighted by atomic mass is 9.50. The number of nitrogens with zero attached hydrogens (tertiary/aromatic N) is 1. The Hall–Kier alpha value is -1.61. The number of hydrogen-bond donors (Lipinski definition) is 1. The monoisotopic (exact) mass is 379 g/mol. The molecule has 150 valence electrons. The van der Waals surface area contributed by atoms with Crippen LogP contribution >= 0.6 is 0 Å². The molecule has 28 heavy (non-hydrogen) atoms. The second-order valence-electron chi connectivity index (χ2n) is 10.2. The third-order valence-electron chi connectivity index (χ3n) is 8.89. The van der Waals surface area contributed by atoms with Crippen LogP contribution in [-0.4, -0.2) is 22.0 Å². The molecule has 1 aromatic carbocycles. The largest absolute Gasteiger partial charge is 0.393 e. The highest BCUT2D eigenvalue weighted by molar-refractivity contribution is 5.83. The van der Waals surface area contributed by atoms with Gasteiger partial charge in [0.15, 0.2) is 0 Å². The Labute approximate surface area is 168 Å². The van der Waals surface area contributed by atoms with E-state index in [-0.39, 0.29) is 22.9 Å². The Morgan fingerprint density at radius 1 is 1.07 bits per heavy atom. The second-order valence-corrected chi connectivity index (χ2v) is 10.2. The Kier molecular flexibility index (Phi) is 4.24. The van der Waals surface area contributed by atoms with Crippen LogP contribution < -0.4 is 0 Å². The molecule has 0 aromatic heterocycles. The zero-order valence-electron chi connectivity index (χ0n) is 17.2. The summed E-state index contributed by atoms with van der Waals surface area (Å²) in [6.45, 7) is 5.35. The number of carbonyl (C=O) groups is 1. The summed E-state index contributed by atoms with van der Waals surface area (Å²) in [4.78, 5) is 16.1. The number of carbonyl (C=O) groups excluding carboxylic acids is 1. The van der Waals surface area contributed by atoms with Crippen molar-refractivity contribution < 1.29 is 9.90 Å². The number of benzene rings is 1. The van der Waals surface area contributed by atoms with E-state index in [0.29, 0.717) is 24.3 Å². The number of hydrogen-bond acceptors (Lipinski definition) is 2. The van der Waals surface area contributed by atoms with Gasteiger partial charge in [0, 0.05) is 17.0 Å². The fourth-order valence-electron chi connectivity index (χ4n) is 7.26. The smallest absolute Gasteiger partial charge is 0.230 e. The standard InChI is InChI=1S/C25H33NO2/c1-24-14-7-6-10-20(24)26(16-17-8-4-3-5-9-17)23(28)22-18-11-12-21(27)25(18,2)15-13-19(22)24/h3-5,8-10,18-19,21-22,27H,6-7,11-16H2,1-2H3/t18-,19-,21-,22-,24+,25-/m0/s1. The van der Waals surface area contributed by atoms with Gasteiger partial charge in [-0.1, -0.05) is 50.3 Å². The van der Waals surface area contributed by atoms with Crippen molar-refractivity contribution in [2.45, 2.75) is 71.4 Å². The van der Waals surface area contributed by atoms with Crippen molar-refractivity contribution in [2.75, 3.05) is 0 Å². The highest BCUT2D eigenvalue weighted by atomic mass is 16.3. The molecule has 5 rings (SSSR count). The van der Waals surface area contributed by atoms with Gasteiger partial charge in [0.1, 0.15) is 0 Å². The number of amides is 1. The zero-order chi connectivity index (χ0) is 19.5. The molecule has 1 saturated heterocycles. The van der Waals surface area contributed by atoms with Gasteiger partial charge in [-0.3, -0.25) is 4.79 Å². The third-order valence-corrected chi connectivity index (χ3v) is 8.89. The quantitative estimate of drug-likeness (QED) is 0.793. The van der Waals surface area contributed by atoms with Crippen molar-refractivity contribution in [2.24, 2.45) is 28.6 Å². The van der Waals surface area contributed by atoms with E-state index in [1.807, 2.05) is 6.07 Å². The van der Waals surface area contributed by atoms with E-state index in [2.05, 4.69) is 49.1 Å². The van der Waals surface area contributed by atoms with Crippen LogP contribution in [-0.2, 0) is 11.3 Å². The summed E-state index contributed by atoms with van der Waals surface area (Å²) in [5.74, 6) is 1.15. The summed E-state index contributed by atoms with van der Waals surface area (Å²) < 4.78 is 0. The van der Waals surface area contributed by atoms with Crippen molar-refractivity contribution in [3.8, 4) is 0 Å². The molecule has 1 amide bonds. The topological polar surface area (TPSA) is 40.5 Å². The lowest BCUT2D eigenvalue weighted by Gasteiger charge is -2.59. The van der Waals surface area contributed by atoms with Gasteiger partial charge in [-0.15, -0.1) is 0 Å². The molecule has 3 heteroatoms. The highest BCUT2D eigenvalue weighted by Crippen LogP contribution is 2.64. The number of aliphatic hydroxyl groups is 1. The molecule has 3 nitrogen and oxygen atoms in total. The Morgan fingerprint density at radius 2 is 1.86 bits per heavy atom. The van der Waals surface area contributed by atoms with Crippen LogP contribution in [0, 0.1) is 28.6 Å². The second kappa shape index (κ2) is 6.45. The van der Waals surface area contributed by atoms with Gasteiger partial charge in [0.05, 0.1) is 12.6 Å². The van der Waals surface area contributed by atoms with Crippen LogP contribution in [0.15, 0.2) is 42.1 Å². The summed E-state index contributed by atoms with van der Waals surface area (Å²) in [5.41, 5.74) is 2.51. The molecule has 1 aliphatic heterocycles. The summed E-state index contributed by atoms with van der Waals surface area (Å²) >= 11 is 0. The molecule has 1 N–H and O–H groups in total. The molecular formula is C25H33NO2.